The Morgan fingerprint density at radius 2 is 2.10 bits per heavy atom. The van der Waals surface area contributed by atoms with Gasteiger partial charge in [-0.1, -0.05) is 0 Å². The van der Waals surface area contributed by atoms with E-state index < -0.39 is 14.8 Å². The highest BCUT2D eigenvalue weighted by Crippen LogP contribution is 2.27. The number of sulfone groups is 1. The summed E-state index contributed by atoms with van der Waals surface area (Å²) in [7, 11) is -3.50. The number of nitro benzene ring substituents is 1. The number of anilines is 1. The normalized spacial score (nSPS) is 11.1. The molecule has 0 aliphatic carbocycles. The van der Waals surface area contributed by atoms with Crippen molar-refractivity contribution >= 4 is 21.2 Å². The Morgan fingerprint density at radius 1 is 1.33 bits per heavy atom. The minimum atomic E-state index is -3.50. The lowest BCUT2D eigenvalue weighted by atomic mass is 10.2. The molecule has 0 saturated heterocycles. The second-order valence-electron chi connectivity index (χ2n) is 4.26. The first-order chi connectivity index (χ1) is 9.88. The Hall–Kier alpha value is -2.55. The summed E-state index contributed by atoms with van der Waals surface area (Å²) in [5, 5.41) is 13.9. The summed E-state index contributed by atoms with van der Waals surface area (Å²) in [4.78, 5) is 18.1. The van der Waals surface area contributed by atoms with Crippen LogP contribution in [0.25, 0.3) is 0 Å². The van der Waals surface area contributed by atoms with Crippen molar-refractivity contribution in [1.82, 2.24) is 9.97 Å². The van der Waals surface area contributed by atoms with Gasteiger partial charge >= 0.3 is 0 Å². The van der Waals surface area contributed by atoms with Crippen LogP contribution in [0.1, 0.15) is 5.69 Å². The number of rotatable bonds is 5. The molecule has 0 unspecified atom stereocenters. The summed E-state index contributed by atoms with van der Waals surface area (Å²) in [6.45, 7) is 0.265. The molecule has 1 heterocycles. The lowest BCUT2D eigenvalue weighted by molar-refractivity contribution is -0.384. The van der Waals surface area contributed by atoms with E-state index in [1.165, 1.54) is 18.5 Å². The Kier molecular flexibility index (Phi) is 4.13. The number of benzene rings is 1. The number of aromatic nitrogens is 2. The maximum absolute atomic E-state index is 11.4. The Bertz CT molecular complexity index is 762. The summed E-state index contributed by atoms with van der Waals surface area (Å²) >= 11 is 0. The van der Waals surface area contributed by atoms with Crippen LogP contribution in [0.4, 0.5) is 11.4 Å². The molecule has 110 valence electrons. The van der Waals surface area contributed by atoms with E-state index in [4.69, 9.17) is 0 Å². The van der Waals surface area contributed by atoms with Crippen molar-refractivity contribution in [2.45, 2.75) is 11.4 Å². The smallest absolute Gasteiger partial charge is 0.293 e. The summed E-state index contributed by atoms with van der Waals surface area (Å²) in [6.07, 6.45) is 3.93. The van der Waals surface area contributed by atoms with Gasteiger partial charge in [0.15, 0.2) is 9.84 Å². The first-order valence-electron chi connectivity index (χ1n) is 5.85. The number of hydrogen-bond donors (Lipinski definition) is 1. The van der Waals surface area contributed by atoms with Crippen LogP contribution in [-0.2, 0) is 16.4 Å². The second-order valence-corrected chi connectivity index (χ2v) is 6.28. The molecule has 21 heavy (non-hydrogen) atoms. The molecule has 2 aromatic rings. The van der Waals surface area contributed by atoms with E-state index in [-0.39, 0.29) is 22.8 Å². The molecule has 2 rings (SSSR count). The predicted molar refractivity (Wildman–Crippen MR) is 75.6 cm³/mol. The highest BCUT2D eigenvalue weighted by Gasteiger charge is 2.18. The topological polar surface area (TPSA) is 115 Å². The van der Waals surface area contributed by atoms with Crippen LogP contribution in [0.15, 0.2) is 41.7 Å². The van der Waals surface area contributed by atoms with Crippen LogP contribution in [0.5, 0.6) is 0 Å². The third-order valence-electron chi connectivity index (χ3n) is 2.70. The molecule has 0 spiro atoms. The zero-order chi connectivity index (χ0) is 15.5. The van der Waals surface area contributed by atoms with Crippen LogP contribution in [0.3, 0.4) is 0 Å². The number of nitrogens with zero attached hydrogens (tertiary/aromatic N) is 3. The van der Waals surface area contributed by atoms with Crippen molar-refractivity contribution in [3.8, 4) is 0 Å². The van der Waals surface area contributed by atoms with Gasteiger partial charge in [0.05, 0.1) is 22.1 Å². The SMILES string of the molecule is CS(=O)(=O)c1ccc(NCc2ccncn2)c([N+](=O)[O-])c1. The summed E-state index contributed by atoms with van der Waals surface area (Å²) in [5.41, 5.74) is 0.587. The van der Waals surface area contributed by atoms with E-state index in [2.05, 4.69) is 15.3 Å². The molecule has 1 aromatic heterocycles. The van der Waals surface area contributed by atoms with Crippen molar-refractivity contribution in [2.75, 3.05) is 11.6 Å². The summed E-state index contributed by atoms with van der Waals surface area (Å²) in [5.74, 6) is 0. The quantitative estimate of drug-likeness (QED) is 0.655. The third-order valence-corrected chi connectivity index (χ3v) is 3.81. The molecule has 0 atom stereocenters. The maximum atomic E-state index is 11.4. The lowest BCUT2D eigenvalue weighted by Gasteiger charge is -2.07. The van der Waals surface area contributed by atoms with Crippen LogP contribution >= 0.6 is 0 Å². The standard InChI is InChI=1S/C12H12N4O4S/c1-21(19,20)10-2-3-11(12(6-10)16(17)18)14-7-9-4-5-13-8-15-9/h2-6,8,14H,7H2,1H3. The maximum Gasteiger partial charge on any atom is 0.293 e. The van der Waals surface area contributed by atoms with Gasteiger partial charge in [0.2, 0.25) is 0 Å². The van der Waals surface area contributed by atoms with Crippen LogP contribution < -0.4 is 5.32 Å². The molecule has 1 aromatic carbocycles. The molecule has 9 heteroatoms. The van der Waals surface area contributed by atoms with Gasteiger partial charge in [0, 0.05) is 18.5 Å². The second kappa shape index (κ2) is 5.83. The van der Waals surface area contributed by atoms with Gasteiger partial charge in [-0.2, -0.15) is 0 Å². The highest BCUT2D eigenvalue weighted by molar-refractivity contribution is 7.90. The first-order valence-corrected chi connectivity index (χ1v) is 7.74. The van der Waals surface area contributed by atoms with Crippen molar-refractivity contribution in [1.29, 1.82) is 0 Å². The predicted octanol–water partition coefficient (Wildman–Crippen LogP) is 1.40. The molecule has 1 N–H and O–H groups in total. The molecule has 0 saturated carbocycles. The minimum absolute atomic E-state index is 0.0956. The van der Waals surface area contributed by atoms with Gasteiger partial charge in [-0.05, 0) is 18.2 Å². The zero-order valence-corrected chi connectivity index (χ0v) is 11.9. The molecular formula is C12H12N4O4S. The Balaban J connectivity index is 2.29. The van der Waals surface area contributed by atoms with E-state index in [1.807, 2.05) is 0 Å². The number of nitro groups is 1. The van der Waals surface area contributed by atoms with E-state index in [1.54, 1.807) is 12.3 Å². The fourth-order valence-electron chi connectivity index (χ4n) is 1.65. The largest absolute Gasteiger partial charge is 0.374 e. The number of hydrogen-bond acceptors (Lipinski definition) is 7. The zero-order valence-electron chi connectivity index (χ0n) is 11.1. The average Bonchev–Trinajstić information content (AvgIpc) is 2.45. The number of nitrogens with one attached hydrogen (secondary N) is 1. The average molecular weight is 308 g/mol. The highest BCUT2D eigenvalue weighted by atomic mass is 32.2. The molecule has 0 aliphatic rings. The van der Waals surface area contributed by atoms with Gasteiger partial charge in [-0.3, -0.25) is 10.1 Å². The third kappa shape index (κ3) is 3.72. The minimum Gasteiger partial charge on any atom is -0.374 e. The van der Waals surface area contributed by atoms with Crippen molar-refractivity contribution < 1.29 is 13.3 Å². The van der Waals surface area contributed by atoms with Gasteiger partial charge in [0.1, 0.15) is 12.0 Å². The van der Waals surface area contributed by atoms with Crippen molar-refractivity contribution in [3.63, 3.8) is 0 Å². The first kappa shape index (κ1) is 14.9. The lowest BCUT2D eigenvalue weighted by Crippen LogP contribution is -2.06. The molecule has 8 nitrogen and oxygen atoms in total. The van der Waals surface area contributed by atoms with Crippen molar-refractivity contribution in [3.05, 3.63) is 52.6 Å². The van der Waals surface area contributed by atoms with E-state index in [9.17, 15) is 18.5 Å². The molecule has 0 amide bonds. The Labute approximate surface area is 120 Å². The van der Waals surface area contributed by atoms with Crippen LogP contribution in [-0.4, -0.2) is 29.6 Å². The van der Waals surface area contributed by atoms with E-state index >= 15 is 0 Å². The van der Waals surface area contributed by atoms with E-state index in [0.29, 0.717) is 5.69 Å². The molecule has 0 aliphatic heterocycles. The molecule has 0 bridgehead atoms. The van der Waals surface area contributed by atoms with Crippen LogP contribution in [0.2, 0.25) is 0 Å². The molecule has 0 radical (unpaired) electrons. The van der Waals surface area contributed by atoms with Gasteiger partial charge < -0.3 is 5.32 Å². The van der Waals surface area contributed by atoms with Gasteiger partial charge in [0.25, 0.3) is 5.69 Å². The Morgan fingerprint density at radius 3 is 2.67 bits per heavy atom. The monoisotopic (exact) mass is 308 g/mol. The molecular weight excluding hydrogens is 296 g/mol. The summed E-state index contributed by atoms with van der Waals surface area (Å²) < 4.78 is 22.9. The van der Waals surface area contributed by atoms with Crippen molar-refractivity contribution in [2.24, 2.45) is 0 Å². The fourth-order valence-corrected chi connectivity index (χ4v) is 2.29. The summed E-state index contributed by atoms with van der Waals surface area (Å²) in [6, 6.07) is 5.40. The van der Waals surface area contributed by atoms with Crippen LogP contribution in [0, 0.1) is 10.1 Å². The molecule has 0 fully saturated rings. The van der Waals surface area contributed by atoms with Gasteiger partial charge in [-0.15, -0.1) is 0 Å². The fraction of sp³-hybridized carbons (Fsp3) is 0.167. The van der Waals surface area contributed by atoms with Gasteiger partial charge in [-0.25, -0.2) is 18.4 Å². The van der Waals surface area contributed by atoms with E-state index in [0.717, 1.165) is 12.3 Å².